The molecule has 84 valence electrons. The van der Waals surface area contributed by atoms with Gasteiger partial charge in [-0.15, -0.1) is 11.3 Å². The maximum absolute atomic E-state index is 11.6. The van der Waals surface area contributed by atoms with Gasteiger partial charge in [-0.1, -0.05) is 0 Å². The average molecular weight is 236 g/mol. The molecule has 0 aliphatic heterocycles. The van der Waals surface area contributed by atoms with Crippen LogP contribution in [-0.4, -0.2) is 17.2 Å². The molecule has 16 heavy (non-hydrogen) atoms. The highest BCUT2D eigenvalue weighted by Gasteiger charge is 2.13. The van der Waals surface area contributed by atoms with Gasteiger partial charge in [0, 0.05) is 4.70 Å². The summed E-state index contributed by atoms with van der Waals surface area (Å²) in [5.41, 5.74) is 0. The minimum absolute atomic E-state index is 0.119. The minimum Gasteiger partial charge on any atom is -0.508 e. The van der Waals surface area contributed by atoms with Gasteiger partial charge in [0.15, 0.2) is 0 Å². The molecule has 2 aromatic rings. The normalized spacial score (nSPS) is 10.9. The van der Waals surface area contributed by atoms with E-state index in [1.807, 2.05) is 13.8 Å². The van der Waals surface area contributed by atoms with Crippen molar-refractivity contribution in [3.8, 4) is 5.75 Å². The van der Waals surface area contributed by atoms with Gasteiger partial charge < -0.3 is 9.84 Å². The van der Waals surface area contributed by atoms with Crippen LogP contribution in [0.2, 0.25) is 0 Å². The third-order valence-electron chi connectivity index (χ3n) is 2.05. The van der Waals surface area contributed by atoms with Crippen molar-refractivity contribution >= 4 is 27.4 Å². The van der Waals surface area contributed by atoms with Crippen LogP contribution in [0.15, 0.2) is 24.3 Å². The van der Waals surface area contributed by atoms with E-state index in [2.05, 4.69) is 0 Å². The molecule has 0 aliphatic carbocycles. The first kappa shape index (κ1) is 11.0. The van der Waals surface area contributed by atoms with Gasteiger partial charge in [0.1, 0.15) is 10.6 Å². The summed E-state index contributed by atoms with van der Waals surface area (Å²) in [5, 5.41) is 10.3. The first-order valence-electron chi connectivity index (χ1n) is 5.00. The van der Waals surface area contributed by atoms with E-state index in [0.29, 0.717) is 4.88 Å². The largest absolute Gasteiger partial charge is 0.508 e. The average Bonchev–Trinajstić information content (AvgIpc) is 2.59. The van der Waals surface area contributed by atoms with Gasteiger partial charge >= 0.3 is 5.97 Å². The Balaban J connectivity index is 2.36. The molecule has 0 unspecified atom stereocenters. The Bertz CT molecular complexity index is 528. The van der Waals surface area contributed by atoms with Gasteiger partial charge in [-0.3, -0.25) is 0 Å². The molecule has 4 heteroatoms. The summed E-state index contributed by atoms with van der Waals surface area (Å²) < 4.78 is 5.99. The molecule has 0 fully saturated rings. The maximum Gasteiger partial charge on any atom is 0.348 e. The molecule has 0 radical (unpaired) electrons. The van der Waals surface area contributed by atoms with Crippen molar-refractivity contribution in [2.24, 2.45) is 0 Å². The van der Waals surface area contributed by atoms with Crippen molar-refractivity contribution in [2.45, 2.75) is 20.0 Å². The molecule has 0 spiro atoms. The van der Waals surface area contributed by atoms with E-state index >= 15 is 0 Å². The van der Waals surface area contributed by atoms with Gasteiger partial charge in [-0.2, -0.15) is 0 Å². The summed E-state index contributed by atoms with van der Waals surface area (Å²) >= 11 is 1.33. The van der Waals surface area contributed by atoms with Crippen molar-refractivity contribution in [2.75, 3.05) is 0 Å². The molecule has 2 rings (SSSR count). The highest BCUT2D eigenvalue weighted by molar-refractivity contribution is 7.20. The highest BCUT2D eigenvalue weighted by atomic mass is 32.1. The molecule has 0 amide bonds. The number of fused-ring (bicyclic) bond motifs is 1. The third-order valence-corrected chi connectivity index (χ3v) is 3.13. The van der Waals surface area contributed by atoms with Gasteiger partial charge in [-0.25, -0.2) is 4.79 Å². The van der Waals surface area contributed by atoms with Crippen LogP contribution < -0.4 is 0 Å². The van der Waals surface area contributed by atoms with Crippen LogP contribution in [0, 0.1) is 0 Å². The van der Waals surface area contributed by atoms with Gasteiger partial charge in [0.25, 0.3) is 0 Å². The van der Waals surface area contributed by atoms with Crippen molar-refractivity contribution in [3.05, 3.63) is 29.1 Å². The second kappa shape index (κ2) is 4.14. The first-order valence-corrected chi connectivity index (χ1v) is 5.81. The lowest BCUT2D eigenvalue weighted by Gasteiger charge is -2.05. The van der Waals surface area contributed by atoms with Gasteiger partial charge in [0.05, 0.1) is 6.10 Å². The van der Waals surface area contributed by atoms with Crippen LogP contribution in [0.3, 0.4) is 0 Å². The molecule has 0 aliphatic rings. The number of rotatable bonds is 2. The fraction of sp³-hybridized carbons (Fsp3) is 0.250. The lowest BCUT2D eigenvalue weighted by Crippen LogP contribution is -2.09. The predicted molar refractivity (Wildman–Crippen MR) is 64.0 cm³/mol. The molecule has 0 bridgehead atoms. The topological polar surface area (TPSA) is 46.5 Å². The van der Waals surface area contributed by atoms with Crippen molar-refractivity contribution in [3.63, 3.8) is 0 Å². The van der Waals surface area contributed by atoms with Crippen LogP contribution >= 0.6 is 11.3 Å². The number of phenolic OH excluding ortho intramolecular Hbond substituents is 1. The fourth-order valence-electron chi connectivity index (χ4n) is 1.39. The summed E-state index contributed by atoms with van der Waals surface area (Å²) in [7, 11) is 0. The van der Waals surface area contributed by atoms with Crippen LogP contribution in [0.4, 0.5) is 0 Å². The Morgan fingerprint density at radius 2 is 2.12 bits per heavy atom. The number of carbonyl (C=O) groups excluding carboxylic acids is 1. The Morgan fingerprint density at radius 1 is 1.38 bits per heavy atom. The standard InChI is InChI=1S/C12H12O3S/c1-7(2)15-12(14)11-5-8-3-4-9(13)6-10(8)16-11/h3-7,13H,1-2H3. The second-order valence-electron chi connectivity index (χ2n) is 3.79. The number of phenols is 1. The van der Waals surface area contributed by atoms with E-state index < -0.39 is 0 Å². The van der Waals surface area contributed by atoms with Gasteiger partial charge in [-0.05, 0) is 43.5 Å². The predicted octanol–water partition coefficient (Wildman–Crippen LogP) is 3.17. The zero-order valence-electron chi connectivity index (χ0n) is 9.06. The Morgan fingerprint density at radius 3 is 2.81 bits per heavy atom. The van der Waals surface area contributed by atoms with E-state index in [1.54, 1.807) is 24.3 Å². The zero-order valence-corrected chi connectivity index (χ0v) is 9.88. The molecule has 1 aromatic carbocycles. The SMILES string of the molecule is CC(C)OC(=O)c1cc2ccc(O)cc2s1. The summed E-state index contributed by atoms with van der Waals surface area (Å²) in [6.07, 6.45) is -0.119. The number of hydrogen-bond donors (Lipinski definition) is 1. The fourth-order valence-corrected chi connectivity index (χ4v) is 2.37. The summed E-state index contributed by atoms with van der Waals surface area (Å²) in [6, 6.07) is 6.82. The van der Waals surface area contributed by atoms with Crippen LogP contribution in [0.25, 0.3) is 10.1 Å². The molecule has 0 saturated heterocycles. The Kier molecular flexibility index (Phi) is 2.83. The van der Waals surface area contributed by atoms with Crippen molar-refractivity contribution < 1.29 is 14.6 Å². The number of aromatic hydroxyl groups is 1. The third kappa shape index (κ3) is 2.17. The molecule has 1 heterocycles. The van der Waals surface area contributed by atoms with E-state index in [1.165, 1.54) is 11.3 Å². The molecule has 0 atom stereocenters. The van der Waals surface area contributed by atoms with E-state index in [-0.39, 0.29) is 17.8 Å². The molecular formula is C12H12O3S. The first-order chi connectivity index (χ1) is 7.56. The molecule has 1 aromatic heterocycles. The lowest BCUT2D eigenvalue weighted by molar-refractivity contribution is 0.0384. The van der Waals surface area contributed by atoms with Crippen LogP contribution in [0.1, 0.15) is 23.5 Å². The lowest BCUT2D eigenvalue weighted by atomic mass is 10.2. The number of thiophene rings is 1. The second-order valence-corrected chi connectivity index (χ2v) is 4.87. The number of hydrogen-bond acceptors (Lipinski definition) is 4. The summed E-state index contributed by atoms with van der Waals surface area (Å²) in [5.74, 6) is -0.103. The minimum atomic E-state index is -0.310. The molecule has 0 saturated carbocycles. The summed E-state index contributed by atoms with van der Waals surface area (Å²) in [6.45, 7) is 3.63. The molecule has 3 nitrogen and oxygen atoms in total. The smallest absolute Gasteiger partial charge is 0.348 e. The van der Waals surface area contributed by atoms with Crippen molar-refractivity contribution in [1.29, 1.82) is 0 Å². The number of carbonyl (C=O) groups is 1. The Labute approximate surface area is 97.3 Å². The number of esters is 1. The number of ether oxygens (including phenoxy) is 1. The maximum atomic E-state index is 11.6. The quantitative estimate of drug-likeness (QED) is 0.815. The van der Waals surface area contributed by atoms with Crippen LogP contribution in [0.5, 0.6) is 5.75 Å². The van der Waals surface area contributed by atoms with Crippen LogP contribution in [-0.2, 0) is 4.74 Å². The van der Waals surface area contributed by atoms with E-state index in [4.69, 9.17) is 4.74 Å². The van der Waals surface area contributed by atoms with Crippen molar-refractivity contribution in [1.82, 2.24) is 0 Å². The molecule has 1 N–H and O–H groups in total. The van der Waals surface area contributed by atoms with E-state index in [0.717, 1.165) is 10.1 Å². The molecular weight excluding hydrogens is 224 g/mol. The Hall–Kier alpha value is -1.55. The number of benzene rings is 1. The zero-order chi connectivity index (χ0) is 11.7. The highest BCUT2D eigenvalue weighted by Crippen LogP contribution is 2.29. The summed E-state index contributed by atoms with van der Waals surface area (Å²) in [4.78, 5) is 12.2. The van der Waals surface area contributed by atoms with Gasteiger partial charge in [0.2, 0.25) is 0 Å². The van der Waals surface area contributed by atoms with E-state index in [9.17, 15) is 9.90 Å². The monoisotopic (exact) mass is 236 g/mol.